The third-order valence-corrected chi connectivity index (χ3v) is 5.90. The smallest absolute Gasteiger partial charge is 0.294 e. The molecule has 0 radical (unpaired) electrons. The zero-order chi connectivity index (χ0) is 21.5. The average molecular weight is 444 g/mol. The number of nitrogens with zero attached hydrogens (tertiary/aromatic N) is 4. The predicted molar refractivity (Wildman–Crippen MR) is 119 cm³/mol. The van der Waals surface area contributed by atoms with Crippen LogP contribution in [0.15, 0.2) is 76.1 Å². The van der Waals surface area contributed by atoms with Crippen LogP contribution >= 0.6 is 11.3 Å². The lowest BCUT2D eigenvalue weighted by molar-refractivity contribution is 0.309. The number of rotatable bonds is 6. The standard InChI is InChI=1S/C23H16N4O4S/c1-28-23-26-27-17(11-24-22(27)32-23)21-25-20-18(6-3-7-19(20)31-21)30-12-14-4-2-5-15(10-14)16-8-9-29-13-16/h2-11,13H,12H2,1H3. The SMILES string of the molecule is COc1nn2c(-c3nc4c(OCc5cccc(-c6ccoc6)c5)cccc4o3)cnc2s1. The minimum atomic E-state index is 0.396. The number of oxazole rings is 1. The maximum absolute atomic E-state index is 6.12. The molecule has 0 aliphatic carbocycles. The maximum atomic E-state index is 6.12. The first kappa shape index (κ1) is 18.6. The molecule has 0 bridgehead atoms. The van der Waals surface area contributed by atoms with Gasteiger partial charge in [-0.3, -0.25) is 0 Å². The van der Waals surface area contributed by atoms with Crippen molar-refractivity contribution in [2.24, 2.45) is 0 Å². The Bertz CT molecular complexity index is 1530. The topological polar surface area (TPSA) is 87.8 Å². The van der Waals surface area contributed by atoms with Gasteiger partial charge in [-0.2, -0.15) is 4.52 Å². The quantitative estimate of drug-likeness (QED) is 0.338. The lowest BCUT2D eigenvalue weighted by atomic mass is 10.1. The number of ether oxygens (including phenoxy) is 2. The zero-order valence-electron chi connectivity index (χ0n) is 16.9. The molecule has 0 spiro atoms. The van der Waals surface area contributed by atoms with Gasteiger partial charge in [0.2, 0.25) is 10.9 Å². The van der Waals surface area contributed by atoms with Crippen LogP contribution in [-0.2, 0) is 6.61 Å². The Morgan fingerprint density at radius 2 is 2.03 bits per heavy atom. The molecule has 0 aliphatic rings. The van der Waals surface area contributed by atoms with E-state index in [1.54, 1.807) is 30.3 Å². The summed E-state index contributed by atoms with van der Waals surface area (Å²) in [6, 6.07) is 15.7. The van der Waals surface area contributed by atoms with Gasteiger partial charge in [-0.25, -0.2) is 9.97 Å². The third-order valence-electron chi connectivity index (χ3n) is 5.02. The first-order valence-electron chi connectivity index (χ1n) is 9.81. The highest BCUT2D eigenvalue weighted by Crippen LogP contribution is 2.32. The number of benzene rings is 2. The van der Waals surface area contributed by atoms with Gasteiger partial charge in [-0.1, -0.05) is 24.3 Å². The number of furan rings is 1. The Kier molecular flexibility index (Phi) is 4.39. The molecule has 2 aromatic carbocycles. The van der Waals surface area contributed by atoms with Crippen molar-refractivity contribution < 1.29 is 18.3 Å². The van der Waals surface area contributed by atoms with Crippen LogP contribution in [0.5, 0.6) is 10.9 Å². The van der Waals surface area contributed by atoms with Crippen molar-refractivity contribution in [3.63, 3.8) is 0 Å². The fraction of sp³-hybridized carbons (Fsp3) is 0.0870. The molecule has 6 aromatic rings. The fourth-order valence-corrected chi connectivity index (χ4v) is 4.18. The number of hydrogen-bond acceptors (Lipinski definition) is 8. The van der Waals surface area contributed by atoms with E-state index in [4.69, 9.17) is 18.3 Å². The van der Waals surface area contributed by atoms with E-state index >= 15 is 0 Å². The highest BCUT2D eigenvalue weighted by Gasteiger charge is 2.18. The van der Waals surface area contributed by atoms with E-state index in [9.17, 15) is 0 Å². The lowest BCUT2D eigenvalue weighted by Crippen LogP contribution is -1.96. The van der Waals surface area contributed by atoms with Gasteiger partial charge in [-0.05, 0) is 46.7 Å². The third kappa shape index (κ3) is 3.19. The first-order valence-corrected chi connectivity index (χ1v) is 10.6. The van der Waals surface area contributed by atoms with Gasteiger partial charge in [0.15, 0.2) is 11.1 Å². The lowest BCUT2D eigenvalue weighted by Gasteiger charge is -2.07. The Hall–Kier alpha value is -4.11. The monoisotopic (exact) mass is 444 g/mol. The van der Waals surface area contributed by atoms with Gasteiger partial charge in [0.1, 0.15) is 18.1 Å². The Morgan fingerprint density at radius 3 is 2.91 bits per heavy atom. The number of para-hydroxylation sites is 1. The molecular weight excluding hydrogens is 428 g/mol. The molecule has 0 aliphatic heterocycles. The summed E-state index contributed by atoms with van der Waals surface area (Å²) >= 11 is 1.35. The summed E-state index contributed by atoms with van der Waals surface area (Å²) in [4.78, 5) is 9.73. The van der Waals surface area contributed by atoms with Crippen molar-refractivity contribution in [1.82, 2.24) is 19.6 Å². The summed E-state index contributed by atoms with van der Waals surface area (Å²) in [5.41, 5.74) is 5.06. The summed E-state index contributed by atoms with van der Waals surface area (Å²) in [7, 11) is 1.58. The normalized spacial score (nSPS) is 11.4. The molecule has 0 fully saturated rings. The van der Waals surface area contributed by atoms with E-state index in [-0.39, 0.29) is 0 Å². The van der Waals surface area contributed by atoms with Gasteiger partial charge in [0.25, 0.3) is 5.19 Å². The average Bonchev–Trinajstić information content (AvgIpc) is 3.60. The minimum absolute atomic E-state index is 0.396. The van der Waals surface area contributed by atoms with Crippen molar-refractivity contribution in [2.45, 2.75) is 6.61 Å². The fourth-order valence-electron chi connectivity index (χ4n) is 3.48. The van der Waals surface area contributed by atoms with Gasteiger partial charge < -0.3 is 18.3 Å². The van der Waals surface area contributed by atoms with Crippen molar-refractivity contribution in [3.8, 4) is 33.7 Å². The molecule has 0 N–H and O–H groups in total. The van der Waals surface area contributed by atoms with Crippen molar-refractivity contribution in [2.75, 3.05) is 7.11 Å². The van der Waals surface area contributed by atoms with Crippen LogP contribution < -0.4 is 9.47 Å². The minimum Gasteiger partial charge on any atom is -0.486 e. The number of methoxy groups -OCH3 is 1. The maximum Gasteiger partial charge on any atom is 0.294 e. The Morgan fingerprint density at radius 1 is 1.09 bits per heavy atom. The van der Waals surface area contributed by atoms with E-state index < -0.39 is 0 Å². The van der Waals surface area contributed by atoms with Crippen LogP contribution in [0.25, 0.3) is 38.8 Å². The molecule has 0 saturated heterocycles. The number of imidazole rings is 1. The van der Waals surface area contributed by atoms with Gasteiger partial charge >= 0.3 is 0 Å². The van der Waals surface area contributed by atoms with Crippen LogP contribution in [0.2, 0.25) is 0 Å². The number of hydrogen-bond donors (Lipinski definition) is 0. The largest absolute Gasteiger partial charge is 0.486 e. The second kappa shape index (κ2) is 7.54. The van der Waals surface area contributed by atoms with E-state index in [0.29, 0.717) is 45.2 Å². The van der Waals surface area contributed by atoms with Crippen LogP contribution in [0.4, 0.5) is 0 Å². The van der Waals surface area contributed by atoms with Crippen molar-refractivity contribution in [3.05, 3.63) is 72.8 Å². The van der Waals surface area contributed by atoms with Crippen LogP contribution in [0.1, 0.15) is 5.56 Å². The molecule has 0 atom stereocenters. The molecule has 32 heavy (non-hydrogen) atoms. The molecular formula is C23H16N4O4S. The molecule has 0 saturated carbocycles. The summed E-state index contributed by atoms with van der Waals surface area (Å²) in [5, 5.41) is 4.90. The summed E-state index contributed by atoms with van der Waals surface area (Å²) in [6.45, 7) is 0.396. The van der Waals surface area contributed by atoms with Crippen molar-refractivity contribution in [1.29, 1.82) is 0 Å². The highest BCUT2D eigenvalue weighted by atomic mass is 32.1. The second-order valence-electron chi connectivity index (χ2n) is 7.03. The summed E-state index contributed by atoms with van der Waals surface area (Å²) < 4.78 is 24.2. The molecule has 4 heterocycles. The molecule has 0 unspecified atom stereocenters. The molecule has 8 nitrogen and oxygen atoms in total. The summed E-state index contributed by atoms with van der Waals surface area (Å²) in [5.74, 6) is 1.06. The second-order valence-corrected chi connectivity index (χ2v) is 7.95. The molecule has 4 aromatic heterocycles. The molecule has 9 heteroatoms. The predicted octanol–water partition coefficient (Wildman–Crippen LogP) is 5.45. The summed E-state index contributed by atoms with van der Waals surface area (Å²) in [6.07, 6.45) is 5.07. The molecule has 6 rings (SSSR count). The van der Waals surface area contributed by atoms with E-state index in [2.05, 4.69) is 21.1 Å². The molecule has 158 valence electrons. The van der Waals surface area contributed by atoms with Gasteiger partial charge in [0, 0.05) is 5.56 Å². The van der Waals surface area contributed by atoms with Crippen LogP contribution in [0, 0.1) is 0 Å². The van der Waals surface area contributed by atoms with E-state index in [1.807, 2.05) is 42.5 Å². The number of fused-ring (bicyclic) bond motifs is 2. The van der Waals surface area contributed by atoms with Gasteiger partial charge in [-0.15, -0.1) is 5.10 Å². The number of aromatic nitrogens is 4. The first-order chi connectivity index (χ1) is 15.8. The molecule has 0 amide bonds. The Labute approximate surface area is 185 Å². The van der Waals surface area contributed by atoms with Crippen LogP contribution in [0.3, 0.4) is 0 Å². The zero-order valence-corrected chi connectivity index (χ0v) is 17.7. The van der Waals surface area contributed by atoms with Crippen LogP contribution in [-0.4, -0.2) is 26.7 Å². The Balaban J connectivity index is 1.30. The van der Waals surface area contributed by atoms with Crippen molar-refractivity contribution >= 4 is 27.4 Å². The highest BCUT2D eigenvalue weighted by molar-refractivity contribution is 7.18. The van der Waals surface area contributed by atoms with E-state index in [0.717, 1.165) is 16.7 Å². The van der Waals surface area contributed by atoms with E-state index in [1.165, 1.54) is 11.3 Å². The van der Waals surface area contributed by atoms with Gasteiger partial charge in [0.05, 0.1) is 25.8 Å².